The van der Waals surface area contributed by atoms with Crippen LogP contribution in [0.15, 0.2) is 0 Å². The Labute approximate surface area is 138 Å². The Kier molecular flexibility index (Phi) is 3.60. The molecule has 5 aliphatic rings. The first-order chi connectivity index (χ1) is 10.9. The van der Waals surface area contributed by atoms with Gasteiger partial charge in [-0.1, -0.05) is 6.92 Å². The van der Waals surface area contributed by atoms with Crippen molar-refractivity contribution in [1.82, 2.24) is 0 Å². The highest BCUT2D eigenvalue weighted by Crippen LogP contribution is 2.59. The zero-order chi connectivity index (χ0) is 16.4. The minimum atomic E-state index is -0.381. The maximum atomic E-state index is 11.8. The van der Waals surface area contributed by atoms with Crippen LogP contribution in [0, 0.1) is 35.5 Å². The number of esters is 2. The summed E-state index contributed by atoms with van der Waals surface area (Å²) in [7, 11) is 0. The zero-order valence-electron chi connectivity index (χ0n) is 14.4. The molecule has 0 amide bonds. The lowest BCUT2D eigenvalue weighted by molar-refractivity contribution is -0.215. The van der Waals surface area contributed by atoms with E-state index in [4.69, 9.17) is 9.47 Å². The van der Waals surface area contributed by atoms with Crippen molar-refractivity contribution in [3.63, 3.8) is 0 Å². The van der Waals surface area contributed by atoms with Gasteiger partial charge < -0.3 is 9.47 Å². The van der Waals surface area contributed by atoms with Crippen molar-refractivity contribution in [3.05, 3.63) is 0 Å². The second kappa shape index (κ2) is 5.30. The first-order valence-electron chi connectivity index (χ1n) is 9.30. The van der Waals surface area contributed by atoms with E-state index >= 15 is 0 Å². The van der Waals surface area contributed by atoms with Gasteiger partial charge in [-0.2, -0.15) is 0 Å². The zero-order valence-corrected chi connectivity index (χ0v) is 14.4. The van der Waals surface area contributed by atoms with Gasteiger partial charge in [0, 0.05) is 0 Å². The van der Waals surface area contributed by atoms with Crippen LogP contribution in [0.25, 0.3) is 0 Å². The molecule has 4 bridgehead atoms. The molecular weight excluding hydrogens is 292 g/mol. The van der Waals surface area contributed by atoms with Gasteiger partial charge in [-0.05, 0) is 76.0 Å². The lowest BCUT2D eigenvalue weighted by Crippen LogP contribution is -2.58. The Morgan fingerprint density at radius 3 is 2.13 bits per heavy atom. The quantitative estimate of drug-likeness (QED) is 0.589. The van der Waals surface area contributed by atoms with Gasteiger partial charge in [-0.3, -0.25) is 9.59 Å². The summed E-state index contributed by atoms with van der Waals surface area (Å²) in [5, 5.41) is 0. The third-order valence-corrected chi connectivity index (χ3v) is 7.28. The Balaban J connectivity index is 1.43. The number of carbonyl (C=O) groups excluding carboxylic acids is 2. The van der Waals surface area contributed by atoms with Crippen LogP contribution in [0.2, 0.25) is 0 Å². The molecule has 5 rings (SSSR count). The summed E-state index contributed by atoms with van der Waals surface area (Å²) in [5.74, 6) is 1.78. The third-order valence-electron chi connectivity index (χ3n) is 7.28. The molecule has 128 valence electrons. The average Bonchev–Trinajstić information content (AvgIpc) is 2.71. The molecule has 0 spiro atoms. The summed E-state index contributed by atoms with van der Waals surface area (Å²) < 4.78 is 11.4. The molecule has 3 unspecified atom stereocenters. The highest BCUT2D eigenvalue weighted by atomic mass is 16.6. The minimum absolute atomic E-state index is 0.0107. The first-order valence-corrected chi connectivity index (χ1v) is 9.30. The standard InChI is InChI=1S/C19H28O4/c1-10(4-16-11(2)17(20)22-18(16)21)23-19(3)14-6-12-5-13(8-14)9-15(19)7-12/h10-16H,4-9H2,1-3H3. The van der Waals surface area contributed by atoms with E-state index in [-0.39, 0.29) is 35.5 Å². The van der Waals surface area contributed by atoms with Crippen molar-refractivity contribution >= 4 is 11.9 Å². The van der Waals surface area contributed by atoms with Crippen LogP contribution in [0.4, 0.5) is 0 Å². The highest BCUT2D eigenvalue weighted by molar-refractivity contribution is 5.96. The fourth-order valence-corrected chi connectivity index (χ4v) is 6.09. The van der Waals surface area contributed by atoms with E-state index in [1.165, 1.54) is 32.1 Å². The number of ether oxygens (including phenoxy) is 2. The van der Waals surface area contributed by atoms with E-state index < -0.39 is 0 Å². The Morgan fingerprint density at radius 1 is 1.09 bits per heavy atom. The van der Waals surface area contributed by atoms with Gasteiger partial charge in [0.1, 0.15) is 0 Å². The summed E-state index contributed by atoms with van der Waals surface area (Å²) >= 11 is 0. The van der Waals surface area contributed by atoms with Gasteiger partial charge >= 0.3 is 11.9 Å². The normalized spacial score (nSPS) is 49.5. The van der Waals surface area contributed by atoms with Gasteiger partial charge in [0.25, 0.3) is 0 Å². The predicted molar refractivity (Wildman–Crippen MR) is 84.4 cm³/mol. The lowest BCUT2D eigenvalue weighted by atomic mass is 9.50. The van der Waals surface area contributed by atoms with Gasteiger partial charge in [-0.15, -0.1) is 0 Å². The van der Waals surface area contributed by atoms with Crippen LogP contribution < -0.4 is 0 Å². The molecule has 1 saturated heterocycles. The summed E-state index contributed by atoms with van der Waals surface area (Å²) in [4.78, 5) is 23.4. The van der Waals surface area contributed by atoms with Gasteiger partial charge in [0.15, 0.2) is 0 Å². The molecular formula is C19H28O4. The summed E-state index contributed by atoms with van der Waals surface area (Å²) in [6, 6.07) is 0. The van der Waals surface area contributed by atoms with Gasteiger partial charge in [-0.25, -0.2) is 0 Å². The SMILES string of the molecule is CC(CC1C(=O)OC(=O)C1C)OC1(C)C2CC3CC(C2)CC1C3. The minimum Gasteiger partial charge on any atom is -0.393 e. The van der Waals surface area contributed by atoms with Crippen molar-refractivity contribution in [2.24, 2.45) is 35.5 Å². The lowest BCUT2D eigenvalue weighted by Gasteiger charge is -2.60. The van der Waals surface area contributed by atoms with Crippen molar-refractivity contribution < 1.29 is 19.1 Å². The fraction of sp³-hybridized carbons (Fsp3) is 0.895. The molecule has 0 radical (unpaired) electrons. The molecule has 0 aromatic carbocycles. The summed E-state index contributed by atoms with van der Waals surface area (Å²) in [5.41, 5.74) is -0.0391. The Bertz CT molecular complexity index is 497. The average molecular weight is 320 g/mol. The molecule has 4 aliphatic carbocycles. The first kappa shape index (κ1) is 15.6. The molecule has 0 aromatic heterocycles. The second-order valence-electron chi connectivity index (χ2n) is 8.79. The molecule has 5 fully saturated rings. The van der Waals surface area contributed by atoms with Crippen LogP contribution in [0.3, 0.4) is 0 Å². The summed E-state index contributed by atoms with van der Waals surface area (Å²) in [6.45, 7) is 6.15. The number of hydrogen-bond acceptors (Lipinski definition) is 4. The van der Waals surface area contributed by atoms with E-state index in [9.17, 15) is 9.59 Å². The van der Waals surface area contributed by atoms with Crippen molar-refractivity contribution in [3.8, 4) is 0 Å². The van der Waals surface area contributed by atoms with E-state index in [1.807, 2.05) is 0 Å². The molecule has 23 heavy (non-hydrogen) atoms. The molecule has 4 heteroatoms. The van der Waals surface area contributed by atoms with E-state index in [0.717, 1.165) is 11.8 Å². The fourth-order valence-electron chi connectivity index (χ4n) is 6.09. The van der Waals surface area contributed by atoms with Crippen LogP contribution in [0.1, 0.15) is 59.3 Å². The van der Waals surface area contributed by atoms with E-state index in [1.54, 1.807) is 6.92 Å². The highest BCUT2D eigenvalue weighted by Gasteiger charge is 2.56. The van der Waals surface area contributed by atoms with E-state index in [0.29, 0.717) is 18.3 Å². The molecule has 3 atom stereocenters. The second-order valence-corrected chi connectivity index (χ2v) is 8.79. The molecule has 0 N–H and O–H groups in total. The number of carbonyl (C=O) groups is 2. The molecule has 4 saturated carbocycles. The van der Waals surface area contributed by atoms with Crippen LogP contribution >= 0.6 is 0 Å². The summed E-state index contributed by atoms with van der Waals surface area (Å²) in [6.07, 6.45) is 7.28. The largest absolute Gasteiger partial charge is 0.393 e. The molecule has 4 nitrogen and oxygen atoms in total. The van der Waals surface area contributed by atoms with E-state index in [2.05, 4.69) is 13.8 Å². The maximum absolute atomic E-state index is 11.8. The molecule has 1 heterocycles. The number of hydrogen-bond donors (Lipinski definition) is 0. The van der Waals surface area contributed by atoms with Crippen molar-refractivity contribution in [2.75, 3.05) is 0 Å². The Morgan fingerprint density at radius 2 is 1.65 bits per heavy atom. The number of cyclic esters (lactones) is 2. The monoisotopic (exact) mass is 320 g/mol. The Hall–Kier alpha value is -0.900. The smallest absolute Gasteiger partial charge is 0.317 e. The van der Waals surface area contributed by atoms with Gasteiger partial charge in [0.05, 0.1) is 23.5 Å². The molecule has 1 aliphatic heterocycles. The maximum Gasteiger partial charge on any atom is 0.317 e. The topological polar surface area (TPSA) is 52.6 Å². The van der Waals surface area contributed by atoms with Crippen molar-refractivity contribution in [2.45, 2.75) is 71.0 Å². The van der Waals surface area contributed by atoms with Crippen LogP contribution in [0.5, 0.6) is 0 Å². The van der Waals surface area contributed by atoms with Crippen LogP contribution in [-0.2, 0) is 19.1 Å². The van der Waals surface area contributed by atoms with Crippen LogP contribution in [-0.4, -0.2) is 23.6 Å². The predicted octanol–water partition coefficient (Wildman–Crippen LogP) is 3.33. The number of rotatable bonds is 4. The van der Waals surface area contributed by atoms with Gasteiger partial charge in [0.2, 0.25) is 0 Å². The third kappa shape index (κ3) is 2.45. The molecule has 0 aromatic rings. The van der Waals surface area contributed by atoms with Crippen molar-refractivity contribution in [1.29, 1.82) is 0 Å².